The van der Waals surface area contributed by atoms with Gasteiger partial charge in [0.2, 0.25) is 5.91 Å². The number of rotatable bonds is 3. The van der Waals surface area contributed by atoms with E-state index in [1.54, 1.807) is 12.1 Å². The Hall–Kier alpha value is -1.87. The summed E-state index contributed by atoms with van der Waals surface area (Å²) < 4.78 is 0.429. The van der Waals surface area contributed by atoms with Crippen molar-refractivity contribution in [2.75, 3.05) is 5.32 Å². The molecule has 0 aliphatic rings. The van der Waals surface area contributed by atoms with Crippen molar-refractivity contribution in [1.82, 2.24) is 0 Å². The summed E-state index contributed by atoms with van der Waals surface area (Å²) in [5, 5.41) is 19.5. The molecule has 16 heavy (non-hydrogen) atoms. The number of halogens is 1. The molecule has 0 spiro atoms. The van der Waals surface area contributed by atoms with Crippen molar-refractivity contribution in [3.05, 3.63) is 28.2 Å². The largest absolute Gasteiger partial charge is 0.478 e. The highest BCUT2D eigenvalue weighted by Gasteiger charge is 2.10. The second kappa shape index (κ2) is 5.28. The van der Waals surface area contributed by atoms with Crippen LogP contribution in [0.2, 0.25) is 0 Å². The van der Waals surface area contributed by atoms with E-state index in [0.29, 0.717) is 10.2 Å². The van der Waals surface area contributed by atoms with Gasteiger partial charge in [-0.15, -0.1) is 0 Å². The van der Waals surface area contributed by atoms with E-state index >= 15 is 0 Å². The summed E-state index contributed by atoms with van der Waals surface area (Å²) in [6.07, 6.45) is -0.265. The predicted molar refractivity (Wildman–Crippen MR) is 60.0 cm³/mol. The van der Waals surface area contributed by atoms with E-state index in [9.17, 15) is 9.59 Å². The van der Waals surface area contributed by atoms with Gasteiger partial charge in [0, 0.05) is 10.2 Å². The number of benzene rings is 1. The number of carboxylic acids is 1. The minimum atomic E-state index is -1.09. The number of hydrogen-bond donors (Lipinski definition) is 2. The fourth-order valence-electron chi connectivity index (χ4n) is 1.04. The molecule has 1 amide bonds. The monoisotopic (exact) mass is 282 g/mol. The second-order valence-corrected chi connectivity index (χ2v) is 3.74. The molecule has 0 atom stereocenters. The average Bonchev–Trinajstić information content (AvgIpc) is 2.21. The molecule has 0 bridgehead atoms. The maximum Gasteiger partial charge on any atom is 0.336 e. The summed E-state index contributed by atoms with van der Waals surface area (Å²) in [7, 11) is 0. The molecule has 0 aliphatic carbocycles. The van der Waals surface area contributed by atoms with Crippen molar-refractivity contribution < 1.29 is 14.7 Å². The molecule has 5 nitrogen and oxygen atoms in total. The molecule has 1 aromatic carbocycles. The van der Waals surface area contributed by atoms with Gasteiger partial charge >= 0.3 is 5.97 Å². The van der Waals surface area contributed by atoms with Crippen LogP contribution in [0.1, 0.15) is 16.8 Å². The van der Waals surface area contributed by atoms with Gasteiger partial charge in [0.05, 0.1) is 11.6 Å². The van der Waals surface area contributed by atoms with Crippen molar-refractivity contribution in [1.29, 1.82) is 5.26 Å². The molecule has 0 fully saturated rings. The van der Waals surface area contributed by atoms with E-state index in [-0.39, 0.29) is 12.0 Å². The van der Waals surface area contributed by atoms with Gasteiger partial charge in [0.25, 0.3) is 0 Å². The highest BCUT2D eigenvalue weighted by molar-refractivity contribution is 9.10. The number of nitriles is 1. The van der Waals surface area contributed by atoms with E-state index in [1.807, 2.05) is 0 Å². The average molecular weight is 283 g/mol. The molecule has 1 rings (SSSR count). The summed E-state index contributed by atoms with van der Waals surface area (Å²) in [5.74, 6) is -1.57. The van der Waals surface area contributed by atoms with Gasteiger partial charge < -0.3 is 10.4 Å². The molecule has 1 aromatic rings. The van der Waals surface area contributed by atoms with Crippen molar-refractivity contribution >= 4 is 33.5 Å². The Labute approximate surface area is 99.8 Å². The Bertz CT molecular complexity index is 479. The summed E-state index contributed by atoms with van der Waals surface area (Å²) in [6, 6.07) is 6.09. The number of amides is 1. The van der Waals surface area contributed by atoms with Crippen LogP contribution in [0.4, 0.5) is 5.69 Å². The molecular weight excluding hydrogens is 276 g/mol. The zero-order valence-electron chi connectivity index (χ0n) is 8.03. The molecule has 0 saturated heterocycles. The highest BCUT2D eigenvalue weighted by Crippen LogP contribution is 2.21. The van der Waals surface area contributed by atoms with Gasteiger partial charge in [-0.1, -0.05) is 0 Å². The quantitative estimate of drug-likeness (QED) is 0.887. The molecule has 6 heteroatoms. The molecule has 0 radical (unpaired) electrons. The lowest BCUT2D eigenvalue weighted by Gasteiger charge is -2.05. The van der Waals surface area contributed by atoms with Crippen molar-refractivity contribution in [3.63, 3.8) is 0 Å². The van der Waals surface area contributed by atoms with Gasteiger partial charge in [-0.2, -0.15) is 5.26 Å². The molecule has 82 valence electrons. The van der Waals surface area contributed by atoms with Gasteiger partial charge in [-0.25, -0.2) is 4.79 Å². The van der Waals surface area contributed by atoms with E-state index in [2.05, 4.69) is 21.2 Å². The Kier molecular flexibility index (Phi) is 4.03. The van der Waals surface area contributed by atoms with E-state index in [0.717, 1.165) is 0 Å². The molecule has 0 heterocycles. The first kappa shape index (κ1) is 12.2. The zero-order chi connectivity index (χ0) is 12.1. The van der Waals surface area contributed by atoms with Crippen LogP contribution in [0.25, 0.3) is 0 Å². The van der Waals surface area contributed by atoms with Crippen LogP contribution >= 0.6 is 15.9 Å². The lowest BCUT2D eigenvalue weighted by atomic mass is 10.2. The van der Waals surface area contributed by atoms with Crippen LogP contribution < -0.4 is 5.32 Å². The van der Waals surface area contributed by atoms with Crippen molar-refractivity contribution in [2.45, 2.75) is 6.42 Å². The highest BCUT2D eigenvalue weighted by atomic mass is 79.9. The maximum absolute atomic E-state index is 11.1. The van der Waals surface area contributed by atoms with Gasteiger partial charge in [-0.3, -0.25) is 4.79 Å². The lowest BCUT2D eigenvalue weighted by molar-refractivity contribution is -0.115. The van der Waals surface area contributed by atoms with Gasteiger partial charge in [0.15, 0.2) is 0 Å². The third-order valence-corrected chi connectivity index (χ3v) is 2.41. The number of anilines is 1. The van der Waals surface area contributed by atoms with Crippen LogP contribution in [0.5, 0.6) is 0 Å². The molecule has 0 unspecified atom stereocenters. The SMILES string of the molecule is N#CCC(=O)Nc1ccc(Br)c(C(=O)O)c1. The fourth-order valence-corrected chi connectivity index (χ4v) is 1.46. The zero-order valence-corrected chi connectivity index (χ0v) is 9.61. The fraction of sp³-hybridized carbons (Fsp3) is 0.100. The lowest BCUT2D eigenvalue weighted by Crippen LogP contribution is -2.11. The summed E-state index contributed by atoms with van der Waals surface area (Å²) >= 11 is 3.08. The Morgan fingerprint density at radius 1 is 1.50 bits per heavy atom. The number of carbonyl (C=O) groups is 2. The Balaban J connectivity index is 2.92. The standard InChI is InChI=1S/C10H7BrN2O3/c11-8-2-1-6(5-7(8)10(15)16)13-9(14)3-4-12/h1-2,5H,3H2,(H,13,14)(H,15,16). The smallest absolute Gasteiger partial charge is 0.336 e. The van der Waals surface area contributed by atoms with E-state index in [4.69, 9.17) is 10.4 Å². The molecule has 0 aliphatic heterocycles. The number of carbonyl (C=O) groups excluding carboxylic acids is 1. The van der Waals surface area contributed by atoms with Crippen molar-refractivity contribution in [3.8, 4) is 6.07 Å². The molecule has 0 saturated carbocycles. The number of aromatic carboxylic acids is 1. The third-order valence-electron chi connectivity index (χ3n) is 1.72. The van der Waals surface area contributed by atoms with Crippen LogP contribution in [0, 0.1) is 11.3 Å². The summed E-state index contributed by atoms with van der Waals surface area (Å²) in [5.41, 5.74) is 0.399. The first-order valence-electron chi connectivity index (χ1n) is 4.24. The topological polar surface area (TPSA) is 90.2 Å². The van der Waals surface area contributed by atoms with Crippen LogP contribution in [-0.4, -0.2) is 17.0 Å². The number of carboxylic acid groups (broad SMARTS) is 1. The molecule has 0 aromatic heterocycles. The van der Waals surface area contributed by atoms with Crippen molar-refractivity contribution in [2.24, 2.45) is 0 Å². The van der Waals surface area contributed by atoms with Crippen LogP contribution in [0.15, 0.2) is 22.7 Å². The molecule has 2 N–H and O–H groups in total. The van der Waals surface area contributed by atoms with Gasteiger partial charge in [0.1, 0.15) is 6.42 Å². The van der Waals surface area contributed by atoms with E-state index in [1.165, 1.54) is 12.1 Å². The van der Waals surface area contributed by atoms with Crippen LogP contribution in [-0.2, 0) is 4.79 Å². The van der Waals surface area contributed by atoms with E-state index < -0.39 is 11.9 Å². The third kappa shape index (κ3) is 3.07. The van der Waals surface area contributed by atoms with Crippen LogP contribution in [0.3, 0.4) is 0 Å². The first-order valence-corrected chi connectivity index (χ1v) is 5.03. The minimum absolute atomic E-state index is 0.0507. The second-order valence-electron chi connectivity index (χ2n) is 2.88. The Morgan fingerprint density at radius 2 is 2.19 bits per heavy atom. The normalized spacial score (nSPS) is 9.25. The minimum Gasteiger partial charge on any atom is -0.478 e. The number of nitrogens with one attached hydrogen (secondary N) is 1. The first-order chi connectivity index (χ1) is 7.54. The Morgan fingerprint density at radius 3 is 2.75 bits per heavy atom. The predicted octanol–water partition coefficient (Wildman–Crippen LogP) is 2.00. The number of hydrogen-bond acceptors (Lipinski definition) is 3. The van der Waals surface area contributed by atoms with Gasteiger partial charge in [-0.05, 0) is 34.1 Å². The molecular formula is C10H7BrN2O3. The maximum atomic E-state index is 11.1. The summed E-state index contributed by atoms with van der Waals surface area (Å²) in [4.78, 5) is 21.9. The summed E-state index contributed by atoms with van der Waals surface area (Å²) in [6.45, 7) is 0. The number of nitrogens with zero attached hydrogens (tertiary/aromatic N) is 1.